The SMILES string of the molecule is CN1CC(=O)N(c2cccc(NC(=O)NC[C@@H]3COCCO3)c2)C1=O. The number of rotatable bonds is 4. The molecule has 9 nitrogen and oxygen atoms in total. The number of amides is 5. The molecule has 0 aliphatic carbocycles. The van der Waals surface area contributed by atoms with Crippen molar-refractivity contribution in [3.05, 3.63) is 24.3 Å². The van der Waals surface area contributed by atoms with Crippen molar-refractivity contribution in [2.45, 2.75) is 6.10 Å². The summed E-state index contributed by atoms with van der Waals surface area (Å²) in [5.41, 5.74) is 0.895. The molecule has 3 rings (SSSR count). The van der Waals surface area contributed by atoms with Crippen molar-refractivity contribution in [2.75, 3.05) is 50.2 Å². The number of nitrogens with one attached hydrogen (secondary N) is 2. The van der Waals surface area contributed by atoms with Crippen LogP contribution in [0.1, 0.15) is 0 Å². The maximum absolute atomic E-state index is 12.0. The lowest BCUT2D eigenvalue weighted by Crippen LogP contribution is -2.41. The maximum Gasteiger partial charge on any atom is 0.331 e. The highest BCUT2D eigenvalue weighted by molar-refractivity contribution is 6.19. The van der Waals surface area contributed by atoms with Gasteiger partial charge in [0.05, 0.1) is 31.6 Å². The van der Waals surface area contributed by atoms with Crippen molar-refractivity contribution in [2.24, 2.45) is 0 Å². The molecule has 2 aliphatic heterocycles. The highest BCUT2D eigenvalue weighted by Crippen LogP contribution is 2.23. The standard InChI is InChI=1S/C16H20N4O5/c1-19-9-14(21)20(16(19)23)12-4-2-3-11(7-12)18-15(22)17-8-13-10-24-5-6-25-13/h2-4,7,13H,5-6,8-10H2,1H3,(H2,17,18,22)/t13-/m1/s1. The van der Waals surface area contributed by atoms with Gasteiger partial charge in [-0.1, -0.05) is 6.07 Å². The van der Waals surface area contributed by atoms with E-state index >= 15 is 0 Å². The lowest BCUT2D eigenvalue weighted by molar-refractivity contribution is -0.116. The van der Waals surface area contributed by atoms with E-state index in [0.29, 0.717) is 37.7 Å². The number of benzene rings is 1. The first-order valence-electron chi connectivity index (χ1n) is 7.97. The molecule has 2 N–H and O–H groups in total. The van der Waals surface area contributed by atoms with Gasteiger partial charge < -0.3 is 25.0 Å². The Morgan fingerprint density at radius 3 is 2.84 bits per heavy atom. The molecule has 2 saturated heterocycles. The second kappa shape index (κ2) is 7.49. The number of carbonyl (C=O) groups excluding carboxylic acids is 3. The minimum Gasteiger partial charge on any atom is -0.376 e. The van der Waals surface area contributed by atoms with E-state index in [9.17, 15) is 14.4 Å². The zero-order chi connectivity index (χ0) is 17.8. The van der Waals surface area contributed by atoms with Crippen molar-refractivity contribution in [3.8, 4) is 0 Å². The van der Waals surface area contributed by atoms with Gasteiger partial charge in [0.1, 0.15) is 6.54 Å². The van der Waals surface area contributed by atoms with Crippen LogP contribution in [-0.2, 0) is 14.3 Å². The number of nitrogens with zero attached hydrogens (tertiary/aromatic N) is 2. The molecule has 5 amide bonds. The summed E-state index contributed by atoms with van der Waals surface area (Å²) in [6, 6.07) is 5.78. The average molecular weight is 348 g/mol. The fourth-order valence-electron chi connectivity index (χ4n) is 2.63. The molecular formula is C16H20N4O5. The highest BCUT2D eigenvalue weighted by atomic mass is 16.6. The number of urea groups is 2. The molecule has 134 valence electrons. The van der Waals surface area contributed by atoms with Crippen LogP contribution in [0.3, 0.4) is 0 Å². The van der Waals surface area contributed by atoms with E-state index in [1.807, 2.05) is 0 Å². The van der Waals surface area contributed by atoms with E-state index in [0.717, 1.165) is 4.90 Å². The minimum absolute atomic E-state index is 0.0421. The lowest BCUT2D eigenvalue weighted by atomic mass is 10.2. The Hall–Kier alpha value is -2.65. The molecule has 2 fully saturated rings. The smallest absolute Gasteiger partial charge is 0.331 e. The zero-order valence-electron chi connectivity index (χ0n) is 13.9. The second-order valence-corrected chi connectivity index (χ2v) is 5.82. The Kier molecular flexibility index (Phi) is 5.15. The van der Waals surface area contributed by atoms with Crippen LogP contribution in [0.4, 0.5) is 21.0 Å². The zero-order valence-corrected chi connectivity index (χ0v) is 13.9. The minimum atomic E-state index is -0.400. The molecule has 2 heterocycles. The molecule has 0 saturated carbocycles. The predicted molar refractivity (Wildman–Crippen MR) is 89.5 cm³/mol. The number of anilines is 2. The molecule has 25 heavy (non-hydrogen) atoms. The highest BCUT2D eigenvalue weighted by Gasteiger charge is 2.34. The topological polar surface area (TPSA) is 100 Å². The third kappa shape index (κ3) is 4.06. The van der Waals surface area contributed by atoms with E-state index in [2.05, 4.69) is 10.6 Å². The van der Waals surface area contributed by atoms with Gasteiger partial charge in [-0.2, -0.15) is 0 Å². The summed E-state index contributed by atoms with van der Waals surface area (Å²) in [5.74, 6) is -0.302. The first-order chi connectivity index (χ1) is 12.0. The summed E-state index contributed by atoms with van der Waals surface area (Å²) in [5, 5.41) is 5.38. The van der Waals surface area contributed by atoms with Crippen LogP contribution in [0.2, 0.25) is 0 Å². The van der Waals surface area contributed by atoms with E-state index in [-0.39, 0.29) is 24.6 Å². The maximum atomic E-state index is 12.0. The third-order valence-electron chi connectivity index (χ3n) is 3.88. The largest absolute Gasteiger partial charge is 0.376 e. The molecule has 1 aromatic carbocycles. The average Bonchev–Trinajstić information content (AvgIpc) is 2.86. The molecule has 2 aliphatic rings. The number of imide groups is 1. The van der Waals surface area contributed by atoms with Crippen LogP contribution >= 0.6 is 0 Å². The van der Waals surface area contributed by atoms with Crippen molar-refractivity contribution < 1.29 is 23.9 Å². The molecule has 0 unspecified atom stereocenters. The summed E-state index contributed by atoms with van der Waals surface area (Å²) < 4.78 is 10.7. The Balaban J connectivity index is 1.59. The van der Waals surface area contributed by atoms with E-state index in [1.165, 1.54) is 4.90 Å². The Morgan fingerprint density at radius 2 is 2.16 bits per heavy atom. The molecule has 0 radical (unpaired) electrons. The van der Waals surface area contributed by atoms with Gasteiger partial charge in [-0.05, 0) is 18.2 Å². The van der Waals surface area contributed by atoms with Gasteiger partial charge in [0.2, 0.25) is 0 Å². The van der Waals surface area contributed by atoms with Crippen LogP contribution in [0, 0.1) is 0 Å². The van der Waals surface area contributed by atoms with Crippen molar-refractivity contribution in [3.63, 3.8) is 0 Å². The van der Waals surface area contributed by atoms with Crippen molar-refractivity contribution in [1.82, 2.24) is 10.2 Å². The summed E-state index contributed by atoms with van der Waals surface area (Å²) >= 11 is 0. The van der Waals surface area contributed by atoms with Crippen LogP contribution in [0.15, 0.2) is 24.3 Å². The van der Waals surface area contributed by atoms with Gasteiger partial charge in [0, 0.05) is 19.3 Å². The Bertz CT molecular complexity index is 674. The molecule has 1 aromatic rings. The molecular weight excluding hydrogens is 328 g/mol. The van der Waals surface area contributed by atoms with Crippen LogP contribution in [0.5, 0.6) is 0 Å². The Morgan fingerprint density at radius 1 is 1.32 bits per heavy atom. The molecule has 0 aromatic heterocycles. The summed E-state index contributed by atoms with van der Waals surface area (Å²) in [6.07, 6.45) is -0.166. The number of carbonyl (C=O) groups is 3. The van der Waals surface area contributed by atoms with Gasteiger partial charge in [0.15, 0.2) is 0 Å². The summed E-state index contributed by atoms with van der Waals surface area (Å²) in [4.78, 5) is 38.4. The number of hydrogen-bond acceptors (Lipinski definition) is 5. The summed E-state index contributed by atoms with van der Waals surface area (Å²) in [6.45, 7) is 1.91. The number of hydrogen-bond donors (Lipinski definition) is 2. The third-order valence-corrected chi connectivity index (χ3v) is 3.88. The van der Waals surface area contributed by atoms with Crippen LogP contribution in [-0.4, -0.2) is 68.9 Å². The molecule has 9 heteroatoms. The predicted octanol–water partition coefficient (Wildman–Crippen LogP) is 0.622. The quantitative estimate of drug-likeness (QED) is 0.777. The van der Waals surface area contributed by atoms with E-state index in [1.54, 1.807) is 31.3 Å². The molecule has 1 atom stereocenters. The van der Waals surface area contributed by atoms with Gasteiger partial charge in [-0.15, -0.1) is 0 Å². The number of likely N-dealkylation sites (N-methyl/N-ethyl adjacent to an activating group) is 1. The fraction of sp³-hybridized carbons (Fsp3) is 0.438. The summed E-state index contributed by atoms with van der Waals surface area (Å²) in [7, 11) is 1.56. The fourth-order valence-corrected chi connectivity index (χ4v) is 2.63. The first-order valence-corrected chi connectivity index (χ1v) is 7.97. The van der Waals surface area contributed by atoms with Gasteiger partial charge in [-0.3, -0.25) is 4.79 Å². The van der Waals surface area contributed by atoms with E-state index < -0.39 is 6.03 Å². The Labute approximate surface area is 144 Å². The van der Waals surface area contributed by atoms with Crippen LogP contribution in [0.25, 0.3) is 0 Å². The monoisotopic (exact) mass is 348 g/mol. The normalized spacial score (nSPS) is 20.8. The van der Waals surface area contributed by atoms with Gasteiger partial charge >= 0.3 is 12.1 Å². The number of ether oxygens (including phenoxy) is 2. The molecule has 0 spiro atoms. The van der Waals surface area contributed by atoms with Gasteiger partial charge in [-0.25, -0.2) is 14.5 Å². The van der Waals surface area contributed by atoms with Crippen molar-refractivity contribution >= 4 is 29.3 Å². The van der Waals surface area contributed by atoms with Gasteiger partial charge in [0.25, 0.3) is 5.91 Å². The second-order valence-electron chi connectivity index (χ2n) is 5.82. The van der Waals surface area contributed by atoms with E-state index in [4.69, 9.17) is 9.47 Å². The van der Waals surface area contributed by atoms with Crippen molar-refractivity contribution in [1.29, 1.82) is 0 Å². The lowest BCUT2D eigenvalue weighted by Gasteiger charge is -2.23. The first kappa shape index (κ1) is 17.2. The van der Waals surface area contributed by atoms with Crippen LogP contribution < -0.4 is 15.5 Å². The molecule has 0 bridgehead atoms.